The van der Waals surface area contributed by atoms with Crippen molar-refractivity contribution in [2.24, 2.45) is 0 Å². The number of anilines is 1. The molecular formula is C14H19BrClN3O2. The fourth-order valence-corrected chi connectivity index (χ4v) is 2.69. The van der Waals surface area contributed by atoms with Gasteiger partial charge in [0.2, 0.25) is 5.91 Å². The highest BCUT2D eigenvalue weighted by Gasteiger charge is 2.22. The van der Waals surface area contributed by atoms with E-state index in [1.54, 1.807) is 23.1 Å². The smallest absolute Gasteiger partial charge is 0.253 e. The number of carbonyl (C=O) groups excluding carboxylic acids is 2. The largest absolute Gasteiger partial charge is 0.398 e. The van der Waals surface area contributed by atoms with Crippen LogP contribution in [0.4, 0.5) is 5.69 Å². The Morgan fingerprint density at radius 1 is 1.52 bits per heavy atom. The monoisotopic (exact) mass is 375 g/mol. The van der Waals surface area contributed by atoms with E-state index < -0.39 is 0 Å². The van der Waals surface area contributed by atoms with Crippen LogP contribution in [0.5, 0.6) is 0 Å². The average molecular weight is 377 g/mol. The van der Waals surface area contributed by atoms with E-state index in [2.05, 4.69) is 21.2 Å². The molecule has 0 aliphatic carbocycles. The van der Waals surface area contributed by atoms with Crippen molar-refractivity contribution in [3.8, 4) is 0 Å². The third-order valence-electron chi connectivity index (χ3n) is 3.30. The molecule has 21 heavy (non-hydrogen) atoms. The first-order chi connectivity index (χ1) is 9.47. The molecule has 2 rings (SSSR count). The molecule has 0 saturated carbocycles. The van der Waals surface area contributed by atoms with Crippen molar-refractivity contribution in [1.82, 2.24) is 10.2 Å². The van der Waals surface area contributed by atoms with Gasteiger partial charge in [0.05, 0.1) is 5.56 Å². The molecule has 0 spiro atoms. The summed E-state index contributed by atoms with van der Waals surface area (Å²) in [5.74, 6) is -0.0524. The Morgan fingerprint density at radius 2 is 2.24 bits per heavy atom. The number of nitrogen functional groups attached to an aromatic ring is 1. The molecular weight excluding hydrogens is 358 g/mol. The number of halogens is 2. The molecule has 1 heterocycles. The lowest BCUT2D eigenvalue weighted by Crippen LogP contribution is -2.42. The predicted molar refractivity (Wildman–Crippen MR) is 88.5 cm³/mol. The van der Waals surface area contributed by atoms with Gasteiger partial charge in [-0.25, -0.2) is 0 Å². The summed E-state index contributed by atoms with van der Waals surface area (Å²) >= 11 is 3.31. The van der Waals surface area contributed by atoms with Gasteiger partial charge in [0, 0.05) is 35.7 Å². The van der Waals surface area contributed by atoms with Gasteiger partial charge in [-0.15, -0.1) is 12.4 Å². The highest BCUT2D eigenvalue weighted by Crippen LogP contribution is 2.18. The van der Waals surface area contributed by atoms with Crippen LogP contribution in [0, 0.1) is 0 Å². The topological polar surface area (TPSA) is 75.4 Å². The van der Waals surface area contributed by atoms with Gasteiger partial charge in [-0.05, 0) is 31.5 Å². The maximum absolute atomic E-state index is 12.1. The van der Waals surface area contributed by atoms with Crippen LogP contribution in [0.25, 0.3) is 0 Å². The highest BCUT2D eigenvalue weighted by atomic mass is 79.9. The number of nitrogens with zero attached hydrogens (tertiary/aromatic N) is 1. The molecule has 1 unspecified atom stereocenters. The van der Waals surface area contributed by atoms with Gasteiger partial charge < -0.3 is 16.0 Å². The van der Waals surface area contributed by atoms with E-state index in [1.807, 2.05) is 6.92 Å². The van der Waals surface area contributed by atoms with Gasteiger partial charge in [-0.2, -0.15) is 0 Å². The van der Waals surface area contributed by atoms with E-state index in [1.165, 1.54) is 0 Å². The van der Waals surface area contributed by atoms with Gasteiger partial charge in [-0.3, -0.25) is 9.59 Å². The number of hydrogen-bond acceptors (Lipinski definition) is 3. The molecule has 1 aromatic rings. The molecule has 1 aliphatic heterocycles. The minimum Gasteiger partial charge on any atom is -0.398 e. The summed E-state index contributed by atoms with van der Waals surface area (Å²) in [4.78, 5) is 25.5. The van der Waals surface area contributed by atoms with Gasteiger partial charge in [0.15, 0.2) is 0 Å². The molecule has 7 heteroatoms. The maximum Gasteiger partial charge on any atom is 0.253 e. The summed E-state index contributed by atoms with van der Waals surface area (Å²) < 4.78 is 0.835. The van der Waals surface area contributed by atoms with Crippen molar-refractivity contribution in [2.45, 2.75) is 25.8 Å². The van der Waals surface area contributed by atoms with Crippen LogP contribution in [0.3, 0.4) is 0 Å². The Labute approximate surface area is 138 Å². The Balaban J connectivity index is 0.00000220. The Bertz CT molecular complexity index is 539. The maximum atomic E-state index is 12.1. The SMILES string of the molecule is CC(CN1CCCC1=O)NC(=O)c1ccc(Br)cc1N.Cl. The Kier molecular flexibility index (Phi) is 6.48. The molecule has 3 N–H and O–H groups in total. The zero-order valence-electron chi connectivity index (χ0n) is 11.8. The standard InChI is InChI=1S/C14H18BrN3O2.ClH/c1-9(8-18-6-2-3-13(18)19)17-14(20)11-5-4-10(15)7-12(11)16;/h4-5,7,9H,2-3,6,8,16H2,1H3,(H,17,20);1H. The summed E-state index contributed by atoms with van der Waals surface area (Å²) in [6.07, 6.45) is 1.51. The first-order valence-corrected chi connectivity index (χ1v) is 7.40. The third-order valence-corrected chi connectivity index (χ3v) is 3.79. The summed E-state index contributed by atoms with van der Waals surface area (Å²) in [5, 5.41) is 2.88. The highest BCUT2D eigenvalue weighted by molar-refractivity contribution is 9.10. The fraction of sp³-hybridized carbons (Fsp3) is 0.429. The van der Waals surface area contributed by atoms with Crippen molar-refractivity contribution in [2.75, 3.05) is 18.8 Å². The summed E-state index contributed by atoms with van der Waals surface area (Å²) in [6, 6.07) is 5.05. The predicted octanol–water partition coefficient (Wildman–Crippen LogP) is 2.19. The van der Waals surface area contributed by atoms with E-state index in [-0.39, 0.29) is 30.3 Å². The summed E-state index contributed by atoms with van der Waals surface area (Å²) in [5.41, 5.74) is 6.71. The number of rotatable bonds is 4. The van der Waals surface area contributed by atoms with Crippen LogP contribution in [-0.4, -0.2) is 35.8 Å². The van der Waals surface area contributed by atoms with Gasteiger partial charge in [0.1, 0.15) is 0 Å². The number of amides is 2. The van der Waals surface area contributed by atoms with E-state index >= 15 is 0 Å². The second-order valence-electron chi connectivity index (χ2n) is 5.05. The molecule has 1 atom stereocenters. The third kappa shape index (κ3) is 4.61. The lowest BCUT2D eigenvalue weighted by Gasteiger charge is -2.22. The Morgan fingerprint density at radius 3 is 2.81 bits per heavy atom. The second kappa shape index (κ2) is 7.66. The van der Waals surface area contributed by atoms with E-state index in [9.17, 15) is 9.59 Å². The minimum absolute atomic E-state index is 0. The van der Waals surface area contributed by atoms with Gasteiger partial charge in [-0.1, -0.05) is 15.9 Å². The molecule has 0 bridgehead atoms. The van der Waals surface area contributed by atoms with Crippen molar-refractivity contribution >= 4 is 45.8 Å². The first-order valence-electron chi connectivity index (χ1n) is 6.61. The fourth-order valence-electron chi connectivity index (χ4n) is 2.32. The van der Waals surface area contributed by atoms with Crippen LogP contribution in [0.2, 0.25) is 0 Å². The summed E-state index contributed by atoms with van der Waals surface area (Å²) in [6.45, 7) is 3.21. The second-order valence-corrected chi connectivity index (χ2v) is 5.97. The van der Waals surface area contributed by atoms with Crippen molar-refractivity contribution < 1.29 is 9.59 Å². The first kappa shape index (κ1) is 17.8. The molecule has 1 saturated heterocycles. The molecule has 2 amide bonds. The number of benzene rings is 1. The zero-order valence-corrected chi connectivity index (χ0v) is 14.2. The van der Waals surface area contributed by atoms with E-state index in [0.717, 1.165) is 17.4 Å². The number of nitrogens with two attached hydrogens (primary N) is 1. The molecule has 1 aliphatic rings. The lowest BCUT2D eigenvalue weighted by molar-refractivity contribution is -0.127. The molecule has 1 fully saturated rings. The van der Waals surface area contributed by atoms with E-state index in [0.29, 0.717) is 24.2 Å². The number of nitrogens with one attached hydrogen (secondary N) is 1. The van der Waals surface area contributed by atoms with Gasteiger partial charge in [0.25, 0.3) is 5.91 Å². The van der Waals surface area contributed by atoms with Crippen LogP contribution in [0.1, 0.15) is 30.1 Å². The number of hydrogen-bond donors (Lipinski definition) is 2. The average Bonchev–Trinajstić information content (AvgIpc) is 2.74. The van der Waals surface area contributed by atoms with Crippen molar-refractivity contribution in [3.63, 3.8) is 0 Å². The molecule has 0 radical (unpaired) electrons. The molecule has 1 aromatic carbocycles. The normalized spacial score (nSPS) is 15.5. The van der Waals surface area contributed by atoms with Crippen LogP contribution < -0.4 is 11.1 Å². The van der Waals surface area contributed by atoms with Crippen molar-refractivity contribution in [3.05, 3.63) is 28.2 Å². The van der Waals surface area contributed by atoms with Crippen molar-refractivity contribution in [1.29, 1.82) is 0 Å². The van der Waals surface area contributed by atoms with Crippen LogP contribution in [0.15, 0.2) is 22.7 Å². The zero-order chi connectivity index (χ0) is 14.7. The van der Waals surface area contributed by atoms with E-state index in [4.69, 9.17) is 5.73 Å². The van der Waals surface area contributed by atoms with Gasteiger partial charge >= 0.3 is 0 Å². The Hall–Kier alpha value is -1.27. The van der Waals surface area contributed by atoms with Crippen LogP contribution in [-0.2, 0) is 4.79 Å². The molecule has 5 nitrogen and oxygen atoms in total. The molecule has 116 valence electrons. The minimum atomic E-state index is -0.214. The number of carbonyl (C=O) groups is 2. The number of likely N-dealkylation sites (tertiary alicyclic amines) is 1. The lowest BCUT2D eigenvalue weighted by atomic mass is 10.1. The quantitative estimate of drug-likeness (QED) is 0.791. The van der Waals surface area contributed by atoms with Crippen LogP contribution >= 0.6 is 28.3 Å². The molecule has 0 aromatic heterocycles. The summed E-state index contributed by atoms with van der Waals surface area (Å²) in [7, 11) is 0.